The molecule has 0 rings (SSSR count). The highest BCUT2D eigenvalue weighted by molar-refractivity contribution is 6.57. The van der Waals surface area contributed by atoms with Gasteiger partial charge < -0.3 is 5.32 Å². The lowest BCUT2D eigenvalue weighted by Gasteiger charge is -2.09. The minimum Gasteiger partial charge on any atom is -0.361 e. The Morgan fingerprint density at radius 3 is 2.40 bits per heavy atom. The molecule has 10 heavy (non-hydrogen) atoms. The van der Waals surface area contributed by atoms with Gasteiger partial charge in [-0.25, -0.2) is 5.48 Å². The van der Waals surface area contributed by atoms with Gasteiger partial charge in [0.2, 0.25) is 0 Å². The predicted molar refractivity (Wildman–Crippen MR) is 36.5 cm³/mol. The number of rotatable bonds is 2. The minimum absolute atomic E-state index is 0.170. The van der Waals surface area contributed by atoms with Gasteiger partial charge in [-0.15, -0.1) is 0 Å². The molecule has 0 aliphatic rings. The molecule has 0 heterocycles. The van der Waals surface area contributed by atoms with Gasteiger partial charge >= 0.3 is 16.3 Å². The average molecular weight is 160 g/mol. The zero-order valence-corrected chi connectivity index (χ0v) is 7.84. The molecule has 5 nitrogen and oxygen atoms in total. The van der Waals surface area contributed by atoms with Gasteiger partial charge in [-0.1, -0.05) is 0 Å². The van der Waals surface area contributed by atoms with Crippen molar-refractivity contribution in [2.45, 2.75) is 13.0 Å². The van der Waals surface area contributed by atoms with E-state index in [9.17, 15) is 9.59 Å². The molecule has 1 atom stereocenters. The van der Waals surface area contributed by atoms with Crippen LogP contribution in [0.15, 0.2) is 0 Å². The molecule has 0 aromatic carbocycles. The zero-order valence-electron chi connectivity index (χ0n) is 5.84. The Morgan fingerprint density at radius 1 is 1.60 bits per heavy atom. The maximum Gasteiger partial charge on any atom is 0.354 e. The van der Waals surface area contributed by atoms with E-state index < -0.39 is 11.9 Å². The Morgan fingerprint density at radius 2 is 2.10 bits per heavy atom. The summed E-state index contributed by atoms with van der Waals surface area (Å²) in [6.45, 7) is 1.49. The summed E-state index contributed by atoms with van der Waals surface area (Å²) in [5.74, 6) is -0.607. The number of nitrogens with one attached hydrogen (secondary N) is 2. The van der Waals surface area contributed by atoms with Crippen molar-refractivity contribution in [1.29, 1.82) is 0 Å². The van der Waals surface area contributed by atoms with E-state index in [1.807, 2.05) is 0 Å². The third-order valence-corrected chi connectivity index (χ3v) is 1.21. The topological polar surface area (TPSA) is 78.4 Å². The van der Waals surface area contributed by atoms with Crippen LogP contribution in [-0.2, 0) is 4.79 Å². The van der Waals surface area contributed by atoms with Crippen LogP contribution in [0.5, 0.6) is 0 Å². The lowest BCUT2D eigenvalue weighted by Crippen LogP contribution is -2.43. The van der Waals surface area contributed by atoms with Gasteiger partial charge in [-0.2, -0.15) is 0 Å². The fourth-order valence-corrected chi connectivity index (χ4v) is 0.900. The lowest BCUT2D eigenvalue weighted by molar-refractivity contribution is -0.130. The van der Waals surface area contributed by atoms with E-state index in [0.717, 1.165) is 0 Å². The number of hydrogen-bond donors (Lipinski definition) is 3. The largest absolute Gasteiger partial charge is 0.361 e. The quantitative estimate of drug-likeness (QED) is 0.254. The molecule has 2 amide bonds. The Balaban J connectivity index is 3.72. The molecule has 0 unspecified atom stereocenters. The van der Waals surface area contributed by atoms with Crippen LogP contribution in [0, 0.1) is 0 Å². The maximum atomic E-state index is 10.5. The third kappa shape index (κ3) is 3.46. The number of carbonyl (C=O) groups is 2. The van der Waals surface area contributed by atoms with E-state index in [4.69, 9.17) is 5.21 Å². The molecule has 0 spiro atoms. The van der Waals surface area contributed by atoms with Crippen molar-refractivity contribution in [2.75, 3.05) is 0 Å². The molecular formula is C4H9AlN2O3. The number of hydrogen-bond acceptors (Lipinski definition) is 3. The summed E-state index contributed by atoms with van der Waals surface area (Å²) in [6, 6.07) is -0.657. The summed E-state index contributed by atoms with van der Waals surface area (Å²) in [7, 11) is 0. The van der Waals surface area contributed by atoms with Crippen LogP contribution >= 0.6 is 0 Å². The first-order chi connectivity index (χ1) is 4.57. The Kier molecular flexibility index (Phi) is 4.04. The fourth-order valence-electron chi connectivity index (χ4n) is 0.467. The monoisotopic (exact) mass is 160 g/mol. The fraction of sp³-hybridized carbons (Fsp3) is 0.500. The van der Waals surface area contributed by atoms with Crippen molar-refractivity contribution >= 4 is 27.0 Å². The first-order valence-corrected chi connectivity index (χ1v) is 3.79. The summed E-state index contributed by atoms with van der Waals surface area (Å²) in [4.78, 5) is 20.9. The van der Waals surface area contributed by atoms with Gasteiger partial charge in [0.25, 0.3) is 5.91 Å². The molecule has 0 aliphatic heterocycles. The van der Waals surface area contributed by atoms with Crippen molar-refractivity contribution in [3.8, 4) is 0 Å². The summed E-state index contributed by atoms with van der Waals surface area (Å²) < 4.78 is -0.170. The smallest absolute Gasteiger partial charge is 0.354 e. The molecule has 6 heteroatoms. The highest BCUT2D eigenvalue weighted by Crippen LogP contribution is 1.78. The normalized spacial score (nSPS) is 11.8. The molecule has 0 saturated carbocycles. The van der Waals surface area contributed by atoms with Crippen LogP contribution in [0.3, 0.4) is 0 Å². The first-order valence-electron chi connectivity index (χ1n) is 2.79. The van der Waals surface area contributed by atoms with E-state index in [1.54, 1.807) is 0 Å². The predicted octanol–water partition coefficient (Wildman–Crippen LogP) is -1.78. The molecule has 3 N–H and O–H groups in total. The van der Waals surface area contributed by atoms with Crippen molar-refractivity contribution in [3.05, 3.63) is 0 Å². The highest BCUT2D eigenvalue weighted by atomic mass is 27.0. The van der Waals surface area contributed by atoms with Crippen LogP contribution in [0.25, 0.3) is 0 Å². The maximum absolute atomic E-state index is 10.5. The Labute approximate surface area is 66.2 Å². The second-order valence-electron chi connectivity index (χ2n) is 1.90. The molecule has 0 radical (unpaired) electrons. The zero-order chi connectivity index (χ0) is 8.15. The second-order valence-corrected chi connectivity index (χ2v) is 2.81. The molecular weight excluding hydrogens is 151 g/mol. The van der Waals surface area contributed by atoms with Gasteiger partial charge in [-0.05, 0) is 6.92 Å². The van der Waals surface area contributed by atoms with Crippen LogP contribution in [0.1, 0.15) is 6.92 Å². The van der Waals surface area contributed by atoms with E-state index in [-0.39, 0.29) is 4.77 Å². The number of hydroxylamine groups is 1. The van der Waals surface area contributed by atoms with E-state index in [0.29, 0.717) is 16.3 Å². The number of amides is 2. The average Bonchev–Trinajstić information content (AvgIpc) is 1.85. The lowest BCUT2D eigenvalue weighted by atomic mass is 10.3. The number of carbonyl (C=O) groups excluding carboxylic acids is 2. The van der Waals surface area contributed by atoms with Crippen LogP contribution < -0.4 is 10.8 Å². The SMILES string of the molecule is C[C@@H](N[C](=O)[AlH2])C(=O)NO. The van der Waals surface area contributed by atoms with Crippen LogP contribution in [0.2, 0.25) is 0 Å². The molecule has 0 bridgehead atoms. The van der Waals surface area contributed by atoms with Gasteiger partial charge in [0.15, 0.2) is 0 Å². The van der Waals surface area contributed by atoms with Gasteiger partial charge in [0, 0.05) is 0 Å². The summed E-state index contributed by atoms with van der Waals surface area (Å²) in [6.07, 6.45) is 0. The Hall–Kier alpha value is -0.568. The molecule has 56 valence electrons. The molecule has 0 fully saturated rings. The van der Waals surface area contributed by atoms with Crippen molar-refractivity contribution in [3.63, 3.8) is 0 Å². The molecule has 0 aromatic heterocycles. The first kappa shape index (κ1) is 9.43. The van der Waals surface area contributed by atoms with E-state index in [2.05, 4.69) is 5.32 Å². The van der Waals surface area contributed by atoms with Crippen molar-refractivity contribution in [2.24, 2.45) is 0 Å². The Bertz CT molecular complexity index is 149. The second kappa shape index (κ2) is 4.28. The van der Waals surface area contributed by atoms with E-state index in [1.165, 1.54) is 12.4 Å². The minimum atomic E-state index is -0.657. The summed E-state index contributed by atoms with van der Waals surface area (Å²) in [5.41, 5.74) is 1.43. The van der Waals surface area contributed by atoms with E-state index >= 15 is 0 Å². The summed E-state index contributed by atoms with van der Waals surface area (Å²) >= 11 is 0.354. The molecule has 0 aliphatic carbocycles. The summed E-state index contributed by atoms with van der Waals surface area (Å²) in [5, 5.41) is 10.4. The molecule has 0 saturated heterocycles. The van der Waals surface area contributed by atoms with Crippen molar-refractivity contribution < 1.29 is 14.8 Å². The van der Waals surface area contributed by atoms with Gasteiger partial charge in [-0.3, -0.25) is 14.8 Å². The van der Waals surface area contributed by atoms with Gasteiger partial charge in [0.05, 0.1) is 0 Å². The third-order valence-electron chi connectivity index (χ3n) is 0.923. The standard InChI is InChI=1S/C4H7N2O3.Al.2H/c1-3(5-2-7)4(8)6-9;;;/h3,9H,1H3,(H,5,7)(H,6,8);;;/t3-;;;/m1.../s1. The van der Waals surface area contributed by atoms with Crippen molar-refractivity contribution in [1.82, 2.24) is 10.8 Å². The van der Waals surface area contributed by atoms with Crippen LogP contribution in [-0.4, -0.2) is 38.2 Å². The highest BCUT2D eigenvalue weighted by Gasteiger charge is 2.10. The van der Waals surface area contributed by atoms with Crippen LogP contribution in [0.4, 0.5) is 4.79 Å². The van der Waals surface area contributed by atoms with Gasteiger partial charge in [0.1, 0.15) is 10.8 Å². The molecule has 0 aromatic rings.